The minimum atomic E-state index is 0.309. The van der Waals surface area contributed by atoms with E-state index in [1.54, 1.807) is 6.33 Å². The highest BCUT2D eigenvalue weighted by atomic mass is 16.3. The zero-order valence-electron chi connectivity index (χ0n) is 14.4. The lowest BCUT2D eigenvalue weighted by Gasteiger charge is -2.38. The van der Waals surface area contributed by atoms with Crippen molar-refractivity contribution in [3.63, 3.8) is 0 Å². The van der Waals surface area contributed by atoms with E-state index in [2.05, 4.69) is 44.6 Å². The van der Waals surface area contributed by atoms with Gasteiger partial charge in [0.25, 0.3) is 0 Å². The van der Waals surface area contributed by atoms with E-state index in [1.165, 1.54) is 0 Å². The predicted molar refractivity (Wildman–Crippen MR) is 93.0 cm³/mol. The average molecular weight is 319 g/mol. The minimum Gasteiger partial charge on any atom is -0.396 e. The van der Waals surface area contributed by atoms with Crippen LogP contribution in [0, 0.1) is 5.92 Å². The quantitative estimate of drug-likeness (QED) is 0.900. The topological polar surface area (TPSA) is 55.7 Å². The smallest absolute Gasteiger partial charge is 0.134 e. The fraction of sp³-hybridized carbons (Fsp3) is 0.765. The Hall–Kier alpha value is -1.40. The number of aliphatic hydroxyl groups is 1. The van der Waals surface area contributed by atoms with Gasteiger partial charge >= 0.3 is 0 Å². The lowest BCUT2D eigenvalue weighted by atomic mass is 9.98. The maximum Gasteiger partial charge on any atom is 0.134 e. The van der Waals surface area contributed by atoms with Crippen LogP contribution in [0.1, 0.15) is 26.7 Å². The molecule has 128 valence electrons. The standard InChI is InChI=1S/C17H29N5O/c1-14(2)20-7-9-22(10-8-20)17-11-16(18-13-19-17)21-5-3-15(12-23)4-6-21/h11,13-15,23H,3-10,12H2,1-2H3. The van der Waals surface area contributed by atoms with Crippen LogP contribution in [-0.4, -0.2) is 71.9 Å². The van der Waals surface area contributed by atoms with Gasteiger partial charge in [-0.3, -0.25) is 4.90 Å². The molecule has 0 bridgehead atoms. The second kappa shape index (κ2) is 7.45. The molecule has 0 atom stereocenters. The van der Waals surface area contributed by atoms with Crippen LogP contribution < -0.4 is 9.80 Å². The maximum atomic E-state index is 9.27. The van der Waals surface area contributed by atoms with Gasteiger partial charge in [-0.05, 0) is 32.6 Å². The third kappa shape index (κ3) is 3.93. The van der Waals surface area contributed by atoms with Crippen molar-refractivity contribution in [3.05, 3.63) is 12.4 Å². The van der Waals surface area contributed by atoms with Crippen LogP contribution >= 0.6 is 0 Å². The molecule has 2 aliphatic rings. The van der Waals surface area contributed by atoms with Crippen LogP contribution in [0.5, 0.6) is 0 Å². The minimum absolute atomic E-state index is 0.309. The van der Waals surface area contributed by atoms with E-state index in [0.29, 0.717) is 18.6 Å². The Bertz CT molecular complexity index is 494. The summed E-state index contributed by atoms with van der Waals surface area (Å²) in [5, 5.41) is 9.27. The number of hydrogen-bond donors (Lipinski definition) is 1. The molecule has 0 saturated carbocycles. The zero-order chi connectivity index (χ0) is 16.2. The Kier molecular flexibility index (Phi) is 5.33. The van der Waals surface area contributed by atoms with Crippen molar-refractivity contribution >= 4 is 11.6 Å². The van der Waals surface area contributed by atoms with Crippen molar-refractivity contribution < 1.29 is 5.11 Å². The molecule has 1 N–H and O–H groups in total. The van der Waals surface area contributed by atoms with Gasteiger partial charge in [-0.2, -0.15) is 0 Å². The fourth-order valence-electron chi connectivity index (χ4n) is 3.50. The summed E-state index contributed by atoms with van der Waals surface area (Å²) < 4.78 is 0. The molecule has 2 fully saturated rings. The second-order valence-corrected chi connectivity index (χ2v) is 6.96. The number of hydrogen-bond acceptors (Lipinski definition) is 6. The molecule has 1 aromatic heterocycles. The van der Waals surface area contributed by atoms with Gasteiger partial charge in [-0.15, -0.1) is 0 Å². The maximum absolute atomic E-state index is 9.27. The van der Waals surface area contributed by atoms with Crippen molar-refractivity contribution in [2.45, 2.75) is 32.7 Å². The van der Waals surface area contributed by atoms with Crippen molar-refractivity contribution in [1.29, 1.82) is 0 Å². The van der Waals surface area contributed by atoms with Gasteiger partial charge in [0, 0.05) is 58.0 Å². The van der Waals surface area contributed by atoms with Crippen molar-refractivity contribution in [3.8, 4) is 0 Å². The van der Waals surface area contributed by atoms with Crippen molar-refractivity contribution in [1.82, 2.24) is 14.9 Å². The lowest BCUT2D eigenvalue weighted by molar-refractivity contribution is 0.202. The van der Waals surface area contributed by atoms with E-state index in [4.69, 9.17) is 0 Å². The van der Waals surface area contributed by atoms with E-state index in [0.717, 1.165) is 63.7 Å². The van der Waals surface area contributed by atoms with E-state index >= 15 is 0 Å². The second-order valence-electron chi connectivity index (χ2n) is 6.96. The molecule has 0 radical (unpaired) electrons. The van der Waals surface area contributed by atoms with Gasteiger partial charge in [0.1, 0.15) is 18.0 Å². The van der Waals surface area contributed by atoms with E-state index in [9.17, 15) is 5.11 Å². The summed E-state index contributed by atoms with van der Waals surface area (Å²) in [6.45, 7) is 11.0. The molecule has 6 nitrogen and oxygen atoms in total. The summed E-state index contributed by atoms with van der Waals surface area (Å²) >= 11 is 0. The van der Waals surface area contributed by atoms with Gasteiger partial charge < -0.3 is 14.9 Å². The Balaban J connectivity index is 1.62. The van der Waals surface area contributed by atoms with Gasteiger partial charge in [0.15, 0.2) is 0 Å². The zero-order valence-corrected chi connectivity index (χ0v) is 14.4. The third-order valence-corrected chi connectivity index (χ3v) is 5.20. The molecule has 6 heteroatoms. The molecule has 23 heavy (non-hydrogen) atoms. The molecule has 0 spiro atoms. The summed E-state index contributed by atoms with van der Waals surface area (Å²) in [6, 6.07) is 2.75. The highest BCUT2D eigenvalue weighted by Gasteiger charge is 2.22. The summed E-state index contributed by atoms with van der Waals surface area (Å²) in [4.78, 5) is 16.2. The molecular formula is C17H29N5O. The fourth-order valence-corrected chi connectivity index (χ4v) is 3.50. The number of aliphatic hydroxyl groups excluding tert-OH is 1. The number of rotatable bonds is 4. The highest BCUT2D eigenvalue weighted by Crippen LogP contribution is 2.24. The summed E-state index contributed by atoms with van der Waals surface area (Å²) in [7, 11) is 0. The normalized spacial score (nSPS) is 21.2. The summed E-state index contributed by atoms with van der Waals surface area (Å²) in [5.74, 6) is 2.53. The van der Waals surface area contributed by atoms with Crippen molar-refractivity contribution in [2.24, 2.45) is 5.92 Å². The first-order valence-corrected chi connectivity index (χ1v) is 8.84. The number of piperidine rings is 1. The third-order valence-electron chi connectivity index (χ3n) is 5.20. The lowest BCUT2D eigenvalue weighted by Crippen LogP contribution is -2.49. The monoisotopic (exact) mass is 319 g/mol. The van der Waals surface area contributed by atoms with Gasteiger partial charge in [0.05, 0.1) is 0 Å². The van der Waals surface area contributed by atoms with Crippen LogP contribution in [0.3, 0.4) is 0 Å². The van der Waals surface area contributed by atoms with Gasteiger partial charge in [-0.25, -0.2) is 9.97 Å². The van der Waals surface area contributed by atoms with Crippen LogP contribution in [0.2, 0.25) is 0 Å². The van der Waals surface area contributed by atoms with Crippen LogP contribution in [0.4, 0.5) is 11.6 Å². The molecule has 2 saturated heterocycles. The molecule has 0 aromatic carbocycles. The number of piperazine rings is 1. The Labute approximate surface area is 139 Å². The summed E-state index contributed by atoms with van der Waals surface area (Å²) in [6.07, 6.45) is 3.78. The van der Waals surface area contributed by atoms with Gasteiger partial charge in [0.2, 0.25) is 0 Å². The molecule has 0 amide bonds. The average Bonchev–Trinajstić information content (AvgIpc) is 2.62. The van der Waals surface area contributed by atoms with E-state index < -0.39 is 0 Å². The van der Waals surface area contributed by atoms with E-state index in [-0.39, 0.29) is 0 Å². The van der Waals surface area contributed by atoms with Crippen molar-refractivity contribution in [2.75, 3.05) is 55.7 Å². The Morgan fingerprint density at radius 2 is 1.57 bits per heavy atom. The first-order valence-electron chi connectivity index (χ1n) is 8.84. The molecular weight excluding hydrogens is 290 g/mol. The first kappa shape index (κ1) is 16.5. The molecule has 3 heterocycles. The van der Waals surface area contributed by atoms with Crippen LogP contribution in [-0.2, 0) is 0 Å². The highest BCUT2D eigenvalue weighted by molar-refractivity contribution is 5.50. The summed E-state index contributed by atoms with van der Waals surface area (Å²) in [5.41, 5.74) is 0. The number of nitrogens with zero attached hydrogens (tertiary/aromatic N) is 5. The Morgan fingerprint density at radius 1 is 1.00 bits per heavy atom. The molecule has 0 aliphatic carbocycles. The predicted octanol–water partition coefficient (Wildman–Crippen LogP) is 1.22. The number of anilines is 2. The van der Waals surface area contributed by atoms with E-state index in [1.807, 2.05) is 0 Å². The largest absolute Gasteiger partial charge is 0.396 e. The van der Waals surface area contributed by atoms with Crippen LogP contribution in [0.25, 0.3) is 0 Å². The molecule has 1 aromatic rings. The number of aromatic nitrogens is 2. The molecule has 3 rings (SSSR count). The molecule has 0 unspecified atom stereocenters. The van der Waals surface area contributed by atoms with Crippen LogP contribution in [0.15, 0.2) is 12.4 Å². The SMILES string of the molecule is CC(C)N1CCN(c2cc(N3CCC(CO)CC3)ncn2)CC1. The first-order chi connectivity index (χ1) is 11.2. The molecule has 2 aliphatic heterocycles. The van der Waals surface area contributed by atoms with Gasteiger partial charge in [-0.1, -0.05) is 0 Å². The Morgan fingerprint density at radius 3 is 2.09 bits per heavy atom.